The Bertz CT molecular complexity index is 923. The minimum atomic E-state index is -3.91. The van der Waals surface area contributed by atoms with Gasteiger partial charge in [-0.2, -0.15) is 5.10 Å². The highest BCUT2D eigenvalue weighted by atomic mass is 32.2. The van der Waals surface area contributed by atoms with Crippen LogP contribution in [-0.4, -0.2) is 27.1 Å². The lowest BCUT2D eigenvalue weighted by atomic mass is 10.1. The summed E-state index contributed by atoms with van der Waals surface area (Å²) >= 11 is 0. The van der Waals surface area contributed by atoms with Gasteiger partial charge in [-0.15, -0.1) is 0 Å². The molecule has 27 heavy (non-hydrogen) atoms. The van der Waals surface area contributed by atoms with Gasteiger partial charge in [0.05, 0.1) is 10.6 Å². The van der Waals surface area contributed by atoms with Crippen molar-refractivity contribution in [2.45, 2.75) is 32.6 Å². The van der Waals surface area contributed by atoms with Gasteiger partial charge in [-0.25, -0.2) is 13.8 Å². The van der Waals surface area contributed by atoms with Crippen molar-refractivity contribution in [3.05, 3.63) is 59.7 Å². The molecule has 0 spiro atoms. The van der Waals surface area contributed by atoms with Gasteiger partial charge in [0, 0.05) is 6.21 Å². The van der Waals surface area contributed by atoms with Crippen LogP contribution in [0.25, 0.3) is 0 Å². The summed E-state index contributed by atoms with van der Waals surface area (Å²) in [6.45, 7) is 7.25. The minimum Gasteiger partial charge on any atom is -0.271 e. The van der Waals surface area contributed by atoms with E-state index in [2.05, 4.69) is 10.5 Å². The third kappa shape index (κ3) is 5.40. The lowest BCUT2D eigenvalue weighted by Gasteiger charge is -2.25. The van der Waals surface area contributed by atoms with Crippen LogP contribution in [0.1, 0.15) is 25.0 Å². The number of benzene rings is 2. The predicted molar refractivity (Wildman–Crippen MR) is 108 cm³/mol. The van der Waals surface area contributed by atoms with Crippen LogP contribution in [-0.2, 0) is 14.8 Å². The standard InChI is InChI=1S/C20H25N3O3S/c1-15(2)13-21-22-20(24)14-23(19-11-10-16(3)12-17(19)4)27(25,26)18-8-6-5-7-9-18/h5-13,15H,14H2,1-4H3,(H,22,24). The van der Waals surface area contributed by atoms with Crippen molar-refractivity contribution in [1.82, 2.24) is 5.43 Å². The number of nitrogens with zero attached hydrogens (tertiary/aromatic N) is 2. The molecule has 0 aromatic heterocycles. The average Bonchev–Trinajstić information content (AvgIpc) is 2.60. The number of nitrogens with one attached hydrogen (secondary N) is 1. The molecule has 0 saturated heterocycles. The fourth-order valence-electron chi connectivity index (χ4n) is 2.53. The first-order valence-corrected chi connectivity index (χ1v) is 10.1. The molecule has 1 N–H and O–H groups in total. The Balaban J connectivity index is 2.41. The van der Waals surface area contributed by atoms with Crippen LogP contribution in [0, 0.1) is 19.8 Å². The summed E-state index contributed by atoms with van der Waals surface area (Å²) in [7, 11) is -3.91. The van der Waals surface area contributed by atoms with E-state index in [9.17, 15) is 13.2 Å². The highest BCUT2D eigenvalue weighted by molar-refractivity contribution is 7.92. The summed E-state index contributed by atoms with van der Waals surface area (Å²) in [5, 5.41) is 3.86. The molecule has 7 heteroatoms. The van der Waals surface area contributed by atoms with Crippen LogP contribution >= 0.6 is 0 Å². The Morgan fingerprint density at radius 2 is 1.81 bits per heavy atom. The molecule has 0 atom stereocenters. The molecular weight excluding hydrogens is 362 g/mol. The van der Waals surface area contributed by atoms with Crippen molar-refractivity contribution in [3.8, 4) is 0 Å². The summed E-state index contributed by atoms with van der Waals surface area (Å²) in [6, 6.07) is 13.5. The van der Waals surface area contributed by atoms with E-state index in [0.29, 0.717) is 5.69 Å². The zero-order chi connectivity index (χ0) is 20.0. The summed E-state index contributed by atoms with van der Waals surface area (Å²) in [6.07, 6.45) is 1.59. The lowest BCUT2D eigenvalue weighted by molar-refractivity contribution is -0.119. The fourth-order valence-corrected chi connectivity index (χ4v) is 4.04. The predicted octanol–water partition coefficient (Wildman–Crippen LogP) is 3.26. The number of sulfonamides is 1. The van der Waals surface area contributed by atoms with E-state index in [0.717, 1.165) is 15.4 Å². The maximum atomic E-state index is 13.2. The van der Waals surface area contributed by atoms with Crippen LogP contribution in [0.15, 0.2) is 58.5 Å². The van der Waals surface area contributed by atoms with Gasteiger partial charge in [0.25, 0.3) is 15.9 Å². The Kier molecular flexibility index (Phi) is 6.74. The molecule has 0 radical (unpaired) electrons. The number of rotatable bonds is 7. The topological polar surface area (TPSA) is 78.8 Å². The van der Waals surface area contributed by atoms with Crippen molar-refractivity contribution >= 4 is 27.8 Å². The third-order valence-corrected chi connectivity index (χ3v) is 5.58. The second-order valence-corrected chi connectivity index (χ2v) is 8.53. The highest BCUT2D eigenvalue weighted by Crippen LogP contribution is 2.27. The number of anilines is 1. The molecule has 2 rings (SSSR count). The average molecular weight is 388 g/mol. The minimum absolute atomic E-state index is 0.128. The Hall–Kier alpha value is -2.67. The van der Waals surface area contributed by atoms with Gasteiger partial charge in [-0.05, 0) is 43.5 Å². The molecule has 0 fully saturated rings. The molecule has 0 heterocycles. The fraction of sp³-hybridized carbons (Fsp3) is 0.300. The van der Waals surface area contributed by atoms with Gasteiger partial charge < -0.3 is 0 Å². The van der Waals surface area contributed by atoms with Gasteiger partial charge in [0.2, 0.25) is 0 Å². The van der Waals surface area contributed by atoms with Gasteiger partial charge >= 0.3 is 0 Å². The normalized spacial score (nSPS) is 11.7. The van der Waals surface area contributed by atoms with Crippen LogP contribution in [0.5, 0.6) is 0 Å². The number of carbonyl (C=O) groups excluding carboxylic acids is 1. The number of carbonyl (C=O) groups is 1. The Labute approximate surface area is 161 Å². The first kappa shape index (κ1) is 20.6. The third-order valence-electron chi connectivity index (χ3n) is 3.80. The van der Waals surface area contributed by atoms with Gasteiger partial charge in [0.15, 0.2) is 0 Å². The molecule has 144 valence electrons. The largest absolute Gasteiger partial charge is 0.271 e. The molecule has 1 amide bonds. The van der Waals surface area contributed by atoms with Crippen LogP contribution in [0.3, 0.4) is 0 Å². The van der Waals surface area contributed by atoms with E-state index >= 15 is 0 Å². The quantitative estimate of drug-likeness (QED) is 0.585. The lowest BCUT2D eigenvalue weighted by Crippen LogP contribution is -2.40. The molecular formula is C20H25N3O3S. The molecule has 0 aliphatic heterocycles. The number of hydrogen-bond donors (Lipinski definition) is 1. The molecule has 2 aromatic rings. The molecule has 6 nitrogen and oxygen atoms in total. The maximum Gasteiger partial charge on any atom is 0.264 e. The second kappa shape index (κ2) is 8.81. The van der Waals surface area contributed by atoms with E-state index in [1.807, 2.05) is 39.8 Å². The molecule has 0 unspecified atom stereocenters. The van der Waals surface area contributed by atoms with Gasteiger partial charge in [0.1, 0.15) is 6.54 Å². The summed E-state index contributed by atoms with van der Waals surface area (Å²) in [4.78, 5) is 12.5. The van der Waals surface area contributed by atoms with E-state index < -0.39 is 15.9 Å². The van der Waals surface area contributed by atoms with Crippen LogP contribution in [0.4, 0.5) is 5.69 Å². The monoisotopic (exact) mass is 387 g/mol. The van der Waals surface area contributed by atoms with Crippen molar-refractivity contribution in [2.24, 2.45) is 11.0 Å². The molecule has 0 aliphatic carbocycles. The first-order chi connectivity index (χ1) is 12.7. The molecule has 0 saturated carbocycles. The molecule has 2 aromatic carbocycles. The smallest absolute Gasteiger partial charge is 0.264 e. The zero-order valence-electron chi connectivity index (χ0n) is 16.0. The van der Waals surface area contributed by atoms with Crippen molar-refractivity contribution < 1.29 is 13.2 Å². The highest BCUT2D eigenvalue weighted by Gasteiger charge is 2.28. The molecule has 0 bridgehead atoms. The summed E-state index contributed by atoms with van der Waals surface area (Å²) in [5.74, 6) is -0.333. The number of amides is 1. The van der Waals surface area contributed by atoms with Crippen molar-refractivity contribution in [3.63, 3.8) is 0 Å². The SMILES string of the molecule is Cc1ccc(N(CC(=O)NN=CC(C)C)S(=O)(=O)c2ccccc2)c(C)c1. The summed E-state index contributed by atoms with van der Waals surface area (Å²) < 4.78 is 27.5. The number of hydrazone groups is 1. The second-order valence-electron chi connectivity index (χ2n) is 6.67. The molecule has 0 aliphatic rings. The zero-order valence-corrected chi connectivity index (χ0v) is 16.8. The van der Waals surface area contributed by atoms with Crippen molar-refractivity contribution in [2.75, 3.05) is 10.8 Å². The van der Waals surface area contributed by atoms with Crippen LogP contribution < -0.4 is 9.73 Å². The van der Waals surface area contributed by atoms with E-state index in [4.69, 9.17) is 0 Å². The first-order valence-electron chi connectivity index (χ1n) is 8.69. The maximum absolute atomic E-state index is 13.2. The van der Waals surface area contributed by atoms with E-state index in [1.54, 1.807) is 30.5 Å². The van der Waals surface area contributed by atoms with E-state index in [1.165, 1.54) is 12.1 Å². The number of aryl methyl sites for hydroxylation is 2. The van der Waals surface area contributed by atoms with E-state index in [-0.39, 0.29) is 17.4 Å². The van der Waals surface area contributed by atoms with Gasteiger partial charge in [-0.1, -0.05) is 49.7 Å². The number of hydrogen-bond acceptors (Lipinski definition) is 4. The summed E-state index contributed by atoms with van der Waals surface area (Å²) in [5.41, 5.74) is 4.64. The Morgan fingerprint density at radius 3 is 2.41 bits per heavy atom. The van der Waals surface area contributed by atoms with Crippen LogP contribution in [0.2, 0.25) is 0 Å². The van der Waals surface area contributed by atoms with Crippen molar-refractivity contribution in [1.29, 1.82) is 0 Å². The Morgan fingerprint density at radius 1 is 1.15 bits per heavy atom. The van der Waals surface area contributed by atoms with Gasteiger partial charge in [-0.3, -0.25) is 9.10 Å².